The molecule has 0 spiro atoms. The van der Waals surface area contributed by atoms with Crippen LogP contribution in [0.5, 0.6) is 0 Å². The van der Waals surface area contributed by atoms with Gasteiger partial charge in [0.25, 0.3) is 0 Å². The van der Waals surface area contributed by atoms with E-state index in [9.17, 15) is 34.2 Å². The third-order valence-corrected chi connectivity index (χ3v) is 4.00. The Morgan fingerprint density at radius 1 is 1.20 bits per heavy atom. The van der Waals surface area contributed by atoms with Crippen LogP contribution in [0.15, 0.2) is 12.5 Å². The third kappa shape index (κ3) is 8.24. The predicted molar refractivity (Wildman–Crippen MR) is 101 cm³/mol. The van der Waals surface area contributed by atoms with Crippen molar-refractivity contribution < 1.29 is 34.2 Å². The maximum atomic E-state index is 12.0. The number of primary amides is 1. The van der Waals surface area contributed by atoms with E-state index in [1.807, 2.05) is 0 Å². The van der Waals surface area contributed by atoms with Gasteiger partial charge in [-0.15, -0.1) is 0 Å². The number of aromatic amines is 1. The number of H-pyrrole nitrogens is 1. The number of aliphatic carboxylic acids is 2. The normalized spacial score (nSPS) is 14.7. The molecule has 0 saturated heterocycles. The summed E-state index contributed by atoms with van der Waals surface area (Å²) in [5.74, 6) is -5.09. The Morgan fingerprint density at radius 2 is 1.87 bits per heavy atom. The molecule has 0 radical (unpaired) electrons. The number of carbonyl (C=O) groups is 5. The molecular formula is C16H25N7O7. The van der Waals surface area contributed by atoms with Crippen LogP contribution in [0.4, 0.5) is 0 Å². The summed E-state index contributed by atoms with van der Waals surface area (Å²) in [4.78, 5) is 64.0. The predicted octanol–water partition coefficient (Wildman–Crippen LogP) is -3.73. The first kappa shape index (κ1) is 24.5. The van der Waals surface area contributed by atoms with Gasteiger partial charge in [0.05, 0.1) is 25.3 Å². The SMILES string of the molecule is C[C@@H](N[C@@H](Cc1cnc[nH]1)C(=O)O)[C@H](NC(=O)CNC(=O)[C@@H](N)CC(N)=O)C(=O)O. The van der Waals surface area contributed by atoms with Crippen molar-refractivity contribution in [3.63, 3.8) is 0 Å². The molecule has 0 unspecified atom stereocenters. The average molecular weight is 427 g/mol. The molecule has 1 aromatic heterocycles. The number of aromatic nitrogens is 2. The maximum absolute atomic E-state index is 12.0. The van der Waals surface area contributed by atoms with Gasteiger partial charge in [-0.2, -0.15) is 0 Å². The van der Waals surface area contributed by atoms with Gasteiger partial charge < -0.3 is 37.3 Å². The lowest BCUT2D eigenvalue weighted by atomic mass is 10.1. The van der Waals surface area contributed by atoms with E-state index in [0.717, 1.165) is 0 Å². The van der Waals surface area contributed by atoms with Crippen molar-refractivity contribution in [3.05, 3.63) is 18.2 Å². The van der Waals surface area contributed by atoms with Crippen LogP contribution in [-0.2, 0) is 30.4 Å². The summed E-state index contributed by atoms with van der Waals surface area (Å²) in [7, 11) is 0. The fourth-order valence-electron chi connectivity index (χ4n) is 2.48. The first-order valence-electron chi connectivity index (χ1n) is 8.81. The van der Waals surface area contributed by atoms with E-state index in [0.29, 0.717) is 5.69 Å². The molecule has 0 fully saturated rings. The third-order valence-electron chi connectivity index (χ3n) is 4.00. The van der Waals surface area contributed by atoms with Crippen molar-refractivity contribution in [3.8, 4) is 0 Å². The highest BCUT2D eigenvalue weighted by Crippen LogP contribution is 2.03. The summed E-state index contributed by atoms with van der Waals surface area (Å²) in [5.41, 5.74) is 10.9. The van der Waals surface area contributed by atoms with Gasteiger partial charge >= 0.3 is 11.9 Å². The molecule has 30 heavy (non-hydrogen) atoms. The van der Waals surface area contributed by atoms with E-state index < -0.39 is 66.8 Å². The number of hydrogen-bond acceptors (Lipinski definition) is 8. The molecule has 1 heterocycles. The van der Waals surface area contributed by atoms with E-state index in [2.05, 4.69) is 25.9 Å². The standard InChI is InChI=1S/C16H25N7O7/c1-7(22-10(15(27)28)2-8-4-19-6-21-8)13(16(29)30)23-12(25)5-20-14(26)9(17)3-11(18)24/h4,6-7,9-10,13,22H,2-3,5,17H2,1H3,(H2,18,24)(H,19,21)(H,20,26)(H,23,25)(H,27,28)(H,29,30)/t7-,9+,10+,13+/m1/s1. The zero-order chi connectivity index (χ0) is 22.8. The van der Waals surface area contributed by atoms with Crippen LogP contribution in [-0.4, -0.2) is 80.6 Å². The van der Waals surface area contributed by atoms with Crippen LogP contribution in [0.3, 0.4) is 0 Å². The molecule has 166 valence electrons. The fraction of sp³-hybridized carbons (Fsp3) is 0.500. The Kier molecular flexibility index (Phi) is 9.38. The number of carbonyl (C=O) groups excluding carboxylic acids is 3. The topological polar surface area (TPSA) is 243 Å². The molecule has 10 N–H and O–H groups in total. The Balaban J connectivity index is 2.65. The molecule has 0 aromatic carbocycles. The lowest BCUT2D eigenvalue weighted by Gasteiger charge is -2.26. The van der Waals surface area contributed by atoms with Crippen LogP contribution in [0.1, 0.15) is 19.0 Å². The van der Waals surface area contributed by atoms with Crippen LogP contribution in [0.25, 0.3) is 0 Å². The largest absolute Gasteiger partial charge is 0.480 e. The van der Waals surface area contributed by atoms with Gasteiger partial charge in [0, 0.05) is 24.4 Å². The van der Waals surface area contributed by atoms with Gasteiger partial charge in [0.2, 0.25) is 17.7 Å². The molecule has 0 aliphatic carbocycles. The average Bonchev–Trinajstić information content (AvgIpc) is 3.15. The van der Waals surface area contributed by atoms with Crippen LogP contribution >= 0.6 is 0 Å². The number of imidazole rings is 1. The monoisotopic (exact) mass is 427 g/mol. The summed E-state index contributed by atoms with van der Waals surface area (Å²) in [6.45, 7) is 0.793. The molecule has 0 bridgehead atoms. The highest BCUT2D eigenvalue weighted by Gasteiger charge is 2.30. The summed E-state index contributed by atoms with van der Waals surface area (Å²) in [6, 6.07) is -4.86. The van der Waals surface area contributed by atoms with Crippen LogP contribution in [0.2, 0.25) is 0 Å². The van der Waals surface area contributed by atoms with Crippen molar-refractivity contribution in [1.82, 2.24) is 25.9 Å². The molecule has 3 amide bonds. The highest BCUT2D eigenvalue weighted by atomic mass is 16.4. The Labute approximate surface area is 170 Å². The number of nitrogens with zero attached hydrogens (tertiary/aromatic N) is 1. The quantitative estimate of drug-likeness (QED) is 0.153. The van der Waals surface area contributed by atoms with Crippen LogP contribution in [0, 0.1) is 0 Å². The maximum Gasteiger partial charge on any atom is 0.327 e. The van der Waals surface area contributed by atoms with Crippen molar-refractivity contribution in [2.75, 3.05) is 6.54 Å². The fourth-order valence-corrected chi connectivity index (χ4v) is 2.48. The molecule has 1 rings (SSSR count). The summed E-state index contributed by atoms with van der Waals surface area (Å²) < 4.78 is 0. The number of rotatable bonds is 13. The first-order valence-corrected chi connectivity index (χ1v) is 8.81. The molecule has 0 saturated carbocycles. The van der Waals surface area contributed by atoms with Crippen molar-refractivity contribution in [2.24, 2.45) is 11.5 Å². The van der Waals surface area contributed by atoms with E-state index >= 15 is 0 Å². The lowest BCUT2D eigenvalue weighted by molar-refractivity contribution is -0.144. The summed E-state index contributed by atoms with van der Waals surface area (Å²) >= 11 is 0. The molecule has 14 heteroatoms. The van der Waals surface area contributed by atoms with E-state index in [4.69, 9.17) is 11.5 Å². The van der Waals surface area contributed by atoms with Crippen molar-refractivity contribution in [1.29, 1.82) is 0 Å². The van der Waals surface area contributed by atoms with Gasteiger partial charge in [-0.05, 0) is 6.92 Å². The zero-order valence-corrected chi connectivity index (χ0v) is 16.1. The minimum absolute atomic E-state index is 0.00771. The van der Waals surface area contributed by atoms with Gasteiger partial charge in [-0.25, -0.2) is 9.78 Å². The minimum Gasteiger partial charge on any atom is -0.480 e. The number of hydrogen-bond donors (Lipinski definition) is 8. The molecule has 0 aliphatic heterocycles. The number of amides is 3. The Bertz CT molecular complexity index is 768. The summed E-state index contributed by atoms with van der Waals surface area (Å²) in [6.07, 6.45) is 2.40. The second-order valence-electron chi connectivity index (χ2n) is 6.51. The summed E-state index contributed by atoms with van der Waals surface area (Å²) in [5, 5.41) is 25.7. The van der Waals surface area contributed by atoms with E-state index in [1.165, 1.54) is 19.4 Å². The van der Waals surface area contributed by atoms with Crippen molar-refractivity contribution in [2.45, 2.75) is 43.9 Å². The Morgan fingerprint density at radius 3 is 2.37 bits per heavy atom. The van der Waals surface area contributed by atoms with E-state index in [-0.39, 0.29) is 6.42 Å². The molecular weight excluding hydrogens is 402 g/mol. The Hall–Kier alpha value is -3.52. The second-order valence-corrected chi connectivity index (χ2v) is 6.51. The number of nitrogens with one attached hydrogen (secondary N) is 4. The van der Waals surface area contributed by atoms with Crippen molar-refractivity contribution >= 4 is 29.7 Å². The molecule has 1 aromatic rings. The first-order chi connectivity index (χ1) is 14.0. The molecule has 4 atom stereocenters. The second kappa shape index (κ2) is 11.5. The smallest absolute Gasteiger partial charge is 0.327 e. The highest BCUT2D eigenvalue weighted by molar-refractivity contribution is 5.91. The van der Waals surface area contributed by atoms with Gasteiger partial charge in [0.15, 0.2) is 0 Å². The molecule has 0 aliphatic rings. The van der Waals surface area contributed by atoms with Gasteiger partial charge in [-0.1, -0.05) is 0 Å². The van der Waals surface area contributed by atoms with Gasteiger partial charge in [0.1, 0.15) is 12.1 Å². The van der Waals surface area contributed by atoms with E-state index in [1.54, 1.807) is 0 Å². The van der Waals surface area contributed by atoms with Crippen LogP contribution < -0.4 is 27.4 Å². The number of nitrogens with two attached hydrogens (primary N) is 2. The zero-order valence-electron chi connectivity index (χ0n) is 16.1. The molecule has 14 nitrogen and oxygen atoms in total. The van der Waals surface area contributed by atoms with Gasteiger partial charge in [-0.3, -0.25) is 24.5 Å². The number of carboxylic acid groups (broad SMARTS) is 2. The number of carboxylic acids is 2. The lowest BCUT2D eigenvalue weighted by Crippen LogP contribution is -2.58. The minimum atomic E-state index is -1.49.